The Kier molecular flexibility index (Phi) is 4.17. The van der Waals surface area contributed by atoms with E-state index in [4.69, 9.17) is 10.2 Å². The monoisotopic (exact) mass is 308 g/mol. The van der Waals surface area contributed by atoms with Crippen molar-refractivity contribution >= 4 is 21.8 Å². The zero-order valence-corrected chi connectivity index (χ0v) is 11.2. The number of halogens is 1. The number of hydrogen-bond acceptors (Lipinski definition) is 3. The van der Waals surface area contributed by atoms with E-state index in [9.17, 15) is 4.79 Å². The lowest BCUT2D eigenvalue weighted by Crippen LogP contribution is -2.28. The van der Waals surface area contributed by atoms with Crippen LogP contribution in [0.1, 0.15) is 10.6 Å². The maximum absolute atomic E-state index is 11.7. The molecule has 1 heterocycles. The Hall–Kier alpha value is -1.59. The normalized spacial score (nSPS) is 10.3. The first-order valence-electron chi connectivity index (χ1n) is 5.55. The molecule has 3 N–H and O–H groups in total. The molecular weight excluding hydrogens is 296 g/mol. The second-order valence-electron chi connectivity index (χ2n) is 3.69. The van der Waals surface area contributed by atoms with Crippen molar-refractivity contribution in [2.45, 2.75) is 0 Å². The maximum atomic E-state index is 11.7. The number of nitrogens with one attached hydrogen (secondary N) is 1. The van der Waals surface area contributed by atoms with Gasteiger partial charge < -0.3 is 15.5 Å². The molecule has 94 valence electrons. The molecule has 0 aliphatic rings. The zero-order valence-electron chi connectivity index (χ0n) is 9.65. The Morgan fingerprint density at radius 2 is 2.06 bits per heavy atom. The minimum absolute atomic E-state index is 0.251. The molecule has 0 unspecified atom stereocenters. The lowest BCUT2D eigenvalue weighted by Gasteiger charge is -2.01. The van der Waals surface area contributed by atoms with Gasteiger partial charge in [0.25, 0.3) is 5.91 Å². The molecule has 0 aliphatic carbocycles. The van der Waals surface area contributed by atoms with E-state index in [1.54, 1.807) is 12.1 Å². The van der Waals surface area contributed by atoms with Crippen LogP contribution in [0.5, 0.6) is 0 Å². The highest BCUT2D eigenvalue weighted by atomic mass is 79.9. The van der Waals surface area contributed by atoms with E-state index >= 15 is 0 Å². The van der Waals surface area contributed by atoms with E-state index in [1.807, 2.05) is 24.3 Å². The molecule has 0 saturated heterocycles. The first-order chi connectivity index (χ1) is 8.72. The third kappa shape index (κ3) is 2.80. The van der Waals surface area contributed by atoms with Crippen LogP contribution in [-0.2, 0) is 0 Å². The maximum Gasteiger partial charge on any atom is 0.287 e. The summed E-state index contributed by atoms with van der Waals surface area (Å²) in [5.41, 5.74) is 6.23. The summed E-state index contributed by atoms with van der Waals surface area (Å²) >= 11 is 3.44. The number of furan rings is 1. The van der Waals surface area contributed by atoms with E-state index in [2.05, 4.69) is 21.2 Å². The van der Waals surface area contributed by atoms with Gasteiger partial charge in [-0.05, 0) is 18.2 Å². The van der Waals surface area contributed by atoms with Crippen LogP contribution >= 0.6 is 15.9 Å². The summed E-state index contributed by atoms with van der Waals surface area (Å²) in [7, 11) is 0. The third-order valence-corrected chi connectivity index (χ3v) is 3.09. The number of rotatable bonds is 4. The smallest absolute Gasteiger partial charge is 0.287 e. The van der Waals surface area contributed by atoms with E-state index in [0.717, 1.165) is 10.0 Å². The van der Waals surface area contributed by atoms with Crippen molar-refractivity contribution in [2.75, 3.05) is 13.1 Å². The number of carbonyl (C=O) groups is 1. The average molecular weight is 309 g/mol. The number of hydrogen-bond donors (Lipinski definition) is 2. The van der Waals surface area contributed by atoms with Crippen LogP contribution < -0.4 is 11.1 Å². The summed E-state index contributed by atoms with van der Waals surface area (Å²) in [4.78, 5) is 11.7. The minimum Gasteiger partial charge on any atom is -0.451 e. The van der Waals surface area contributed by atoms with Gasteiger partial charge in [0.05, 0.1) is 0 Å². The zero-order chi connectivity index (χ0) is 13.0. The van der Waals surface area contributed by atoms with Crippen molar-refractivity contribution in [2.24, 2.45) is 5.73 Å². The van der Waals surface area contributed by atoms with E-state index in [1.165, 1.54) is 0 Å². The van der Waals surface area contributed by atoms with Crippen LogP contribution in [0.15, 0.2) is 45.3 Å². The summed E-state index contributed by atoms with van der Waals surface area (Å²) < 4.78 is 6.45. The highest BCUT2D eigenvalue weighted by molar-refractivity contribution is 9.10. The summed E-state index contributed by atoms with van der Waals surface area (Å²) in [5.74, 6) is 0.688. The van der Waals surface area contributed by atoms with Gasteiger partial charge in [0.2, 0.25) is 0 Å². The summed E-state index contributed by atoms with van der Waals surface area (Å²) in [6.45, 7) is 0.841. The number of carbonyl (C=O) groups excluding carboxylic acids is 1. The molecule has 0 aliphatic heterocycles. The Morgan fingerprint density at radius 3 is 2.78 bits per heavy atom. The number of amides is 1. The third-order valence-electron chi connectivity index (χ3n) is 2.40. The first-order valence-corrected chi connectivity index (χ1v) is 6.34. The fourth-order valence-corrected chi connectivity index (χ4v) is 2.02. The highest BCUT2D eigenvalue weighted by Crippen LogP contribution is 2.29. The molecule has 0 atom stereocenters. The first kappa shape index (κ1) is 12.9. The van der Waals surface area contributed by atoms with Crippen LogP contribution in [0.25, 0.3) is 11.3 Å². The molecule has 0 spiro atoms. The summed E-state index contributed by atoms with van der Waals surface area (Å²) in [6, 6.07) is 11.1. The fourth-order valence-electron chi connectivity index (χ4n) is 1.54. The van der Waals surface area contributed by atoms with E-state index in [0.29, 0.717) is 18.8 Å². The fraction of sp³-hybridized carbons (Fsp3) is 0.154. The lowest BCUT2D eigenvalue weighted by molar-refractivity contribution is 0.0928. The minimum atomic E-state index is -0.251. The Balaban J connectivity index is 2.21. The Bertz CT molecular complexity index is 551. The Morgan fingerprint density at radius 1 is 1.28 bits per heavy atom. The summed E-state index contributed by atoms with van der Waals surface area (Å²) in [5, 5.41) is 2.66. The van der Waals surface area contributed by atoms with Gasteiger partial charge in [-0.15, -0.1) is 0 Å². The molecule has 2 rings (SSSR count). The van der Waals surface area contributed by atoms with E-state index in [-0.39, 0.29) is 11.7 Å². The van der Waals surface area contributed by atoms with Crippen LogP contribution in [0, 0.1) is 0 Å². The molecule has 1 amide bonds. The molecule has 0 fully saturated rings. The number of nitrogens with two attached hydrogens (primary N) is 1. The molecule has 2 aromatic rings. The molecule has 18 heavy (non-hydrogen) atoms. The van der Waals surface area contributed by atoms with Gasteiger partial charge in [0.1, 0.15) is 5.76 Å². The number of benzene rings is 1. The van der Waals surface area contributed by atoms with Crippen LogP contribution in [0.4, 0.5) is 0 Å². The second kappa shape index (κ2) is 5.84. The van der Waals surface area contributed by atoms with Gasteiger partial charge >= 0.3 is 0 Å². The van der Waals surface area contributed by atoms with Crippen molar-refractivity contribution in [1.82, 2.24) is 5.32 Å². The molecule has 5 heteroatoms. The van der Waals surface area contributed by atoms with E-state index < -0.39 is 0 Å². The van der Waals surface area contributed by atoms with Gasteiger partial charge in [0, 0.05) is 23.1 Å². The van der Waals surface area contributed by atoms with Gasteiger partial charge in [-0.2, -0.15) is 0 Å². The van der Waals surface area contributed by atoms with Gasteiger partial charge in [-0.25, -0.2) is 0 Å². The summed E-state index contributed by atoms with van der Waals surface area (Å²) in [6.07, 6.45) is 0. The average Bonchev–Trinajstić information content (AvgIpc) is 2.86. The van der Waals surface area contributed by atoms with Crippen LogP contribution in [0.3, 0.4) is 0 Å². The topological polar surface area (TPSA) is 68.3 Å². The predicted octanol–water partition coefficient (Wildman–Crippen LogP) is 2.40. The molecule has 0 radical (unpaired) electrons. The van der Waals surface area contributed by atoms with Gasteiger partial charge in [-0.3, -0.25) is 4.79 Å². The largest absolute Gasteiger partial charge is 0.451 e. The Labute approximate surface area is 113 Å². The predicted molar refractivity (Wildman–Crippen MR) is 73.2 cm³/mol. The van der Waals surface area contributed by atoms with Gasteiger partial charge in [0.15, 0.2) is 5.76 Å². The van der Waals surface area contributed by atoms with Crippen molar-refractivity contribution < 1.29 is 9.21 Å². The van der Waals surface area contributed by atoms with Crippen LogP contribution in [0.2, 0.25) is 0 Å². The highest BCUT2D eigenvalue weighted by Gasteiger charge is 2.12. The quantitative estimate of drug-likeness (QED) is 0.911. The van der Waals surface area contributed by atoms with Crippen LogP contribution in [-0.4, -0.2) is 19.0 Å². The standard InChI is InChI=1S/C13H13BrN2O2/c14-10-4-2-1-3-9(10)11-5-6-12(18-11)13(17)16-8-7-15/h1-6H,7-8,15H2,(H,16,17). The lowest BCUT2D eigenvalue weighted by atomic mass is 10.2. The SMILES string of the molecule is NCCNC(=O)c1ccc(-c2ccccc2Br)o1. The molecule has 0 saturated carbocycles. The van der Waals surface area contributed by atoms with Crippen molar-refractivity contribution in [3.63, 3.8) is 0 Å². The molecular formula is C13H13BrN2O2. The molecule has 4 nitrogen and oxygen atoms in total. The molecule has 1 aromatic carbocycles. The van der Waals surface area contributed by atoms with Crippen molar-refractivity contribution in [3.8, 4) is 11.3 Å². The second-order valence-corrected chi connectivity index (χ2v) is 4.54. The van der Waals surface area contributed by atoms with Crippen molar-refractivity contribution in [1.29, 1.82) is 0 Å². The van der Waals surface area contributed by atoms with Crippen molar-refractivity contribution in [3.05, 3.63) is 46.6 Å². The van der Waals surface area contributed by atoms with Gasteiger partial charge in [-0.1, -0.05) is 34.1 Å². The molecule has 1 aromatic heterocycles. The molecule has 0 bridgehead atoms.